The number of nitrogen functional groups attached to an aromatic ring is 1. The molecule has 2 aromatic heterocycles. The van der Waals surface area contributed by atoms with Gasteiger partial charge in [0.2, 0.25) is 5.82 Å². The minimum absolute atomic E-state index is 0.0416. The van der Waals surface area contributed by atoms with Crippen LogP contribution in [0.3, 0.4) is 0 Å². The third-order valence-electron chi connectivity index (χ3n) is 3.57. The summed E-state index contributed by atoms with van der Waals surface area (Å²) in [6, 6.07) is 9.50. The molecule has 0 atom stereocenters. The molecule has 0 aliphatic carbocycles. The van der Waals surface area contributed by atoms with Crippen LogP contribution >= 0.6 is 0 Å². The lowest BCUT2D eigenvalue weighted by atomic mass is 10.1. The fourth-order valence-electron chi connectivity index (χ4n) is 2.25. The maximum Gasteiger partial charge on any atom is 0.433 e. The van der Waals surface area contributed by atoms with E-state index in [9.17, 15) is 23.1 Å². The number of benzene rings is 1. The van der Waals surface area contributed by atoms with Crippen molar-refractivity contribution < 1.29 is 23.1 Å². The number of halogens is 3. The second kappa shape index (κ2) is 7.00. The number of phenolic OH excluding ortho intramolecular Hbond substituents is 1. The van der Waals surface area contributed by atoms with Crippen molar-refractivity contribution in [3.8, 4) is 28.3 Å². The molecule has 0 saturated heterocycles. The molecule has 4 N–H and O–H groups in total. The fraction of sp³-hybridized carbons (Fsp3) is 0.0588. The predicted molar refractivity (Wildman–Crippen MR) is 89.0 cm³/mol. The van der Waals surface area contributed by atoms with Gasteiger partial charge in [-0.15, -0.1) is 0 Å². The molecular formula is C17H12F3N5O2. The molecule has 0 fully saturated rings. The first-order valence-corrected chi connectivity index (χ1v) is 7.51. The van der Waals surface area contributed by atoms with Crippen LogP contribution in [-0.4, -0.2) is 26.0 Å². The van der Waals surface area contributed by atoms with Crippen LogP contribution < -0.4 is 11.3 Å². The van der Waals surface area contributed by atoms with Gasteiger partial charge in [-0.2, -0.15) is 13.2 Å². The summed E-state index contributed by atoms with van der Waals surface area (Å²) in [6.45, 7) is 0. The van der Waals surface area contributed by atoms with Crippen molar-refractivity contribution in [2.75, 3.05) is 0 Å². The van der Waals surface area contributed by atoms with E-state index in [1.807, 2.05) is 5.43 Å². The standard InChI is InChI=1S/C17H12F3N5O2/c18-17(19,20)14-6-3-10(8-22-14)13-7-12(9-1-4-11(26)5-2-9)23-15(24-13)16(27)25-21/h1-8,26H,21H2,(H,25,27). The lowest BCUT2D eigenvalue weighted by molar-refractivity contribution is -0.141. The Morgan fingerprint density at radius 2 is 1.59 bits per heavy atom. The summed E-state index contributed by atoms with van der Waals surface area (Å²) in [7, 11) is 0. The molecule has 0 aliphatic rings. The highest BCUT2D eigenvalue weighted by Gasteiger charge is 2.32. The van der Waals surface area contributed by atoms with E-state index in [0.29, 0.717) is 11.3 Å². The minimum Gasteiger partial charge on any atom is -0.508 e. The first-order valence-electron chi connectivity index (χ1n) is 7.51. The van der Waals surface area contributed by atoms with Gasteiger partial charge >= 0.3 is 12.1 Å². The zero-order valence-electron chi connectivity index (χ0n) is 13.5. The number of hydrogen-bond donors (Lipinski definition) is 3. The Hall–Kier alpha value is -3.53. The molecule has 2 heterocycles. The second-order valence-corrected chi connectivity index (χ2v) is 5.41. The van der Waals surface area contributed by atoms with E-state index in [0.717, 1.165) is 12.3 Å². The Morgan fingerprint density at radius 1 is 1.00 bits per heavy atom. The average Bonchev–Trinajstić information content (AvgIpc) is 2.67. The molecule has 0 saturated carbocycles. The number of alkyl halides is 3. The number of amides is 1. The number of hydrogen-bond acceptors (Lipinski definition) is 6. The molecule has 10 heteroatoms. The zero-order chi connectivity index (χ0) is 19.6. The maximum atomic E-state index is 12.7. The number of carbonyl (C=O) groups is 1. The number of carbonyl (C=O) groups excluding carboxylic acids is 1. The van der Waals surface area contributed by atoms with Crippen molar-refractivity contribution in [2.45, 2.75) is 6.18 Å². The molecule has 1 aromatic carbocycles. The Bertz CT molecular complexity index is 973. The van der Waals surface area contributed by atoms with Crippen LogP contribution in [0.25, 0.3) is 22.5 Å². The molecule has 7 nitrogen and oxygen atoms in total. The third kappa shape index (κ3) is 4.01. The number of aromatic hydroxyl groups is 1. The molecular weight excluding hydrogens is 363 g/mol. The SMILES string of the molecule is NNC(=O)c1nc(-c2ccc(O)cc2)cc(-c2ccc(C(F)(F)F)nc2)n1. The van der Waals surface area contributed by atoms with E-state index < -0.39 is 17.8 Å². The monoisotopic (exact) mass is 375 g/mol. The first-order chi connectivity index (χ1) is 12.8. The molecule has 0 spiro atoms. The lowest BCUT2D eigenvalue weighted by Gasteiger charge is -2.09. The van der Waals surface area contributed by atoms with E-state index in [-0.39, 0.29) is 22.8 Å². The molecule has 0 unspecified atom stereocenters. The highest BCUT2D eigenvalue weighted by atomic mass is 19.4. The number of rotatable bonds is 3. The maximum absolute atomic E-state index is 12.7. The lowest BCUT2D eigenvalue weighted by Crippen LogP contribution is -2.31. The normalized spacial score (nSPS) is 11.3. The Labute approximate surface area is 150 Å². The van der Waals surface area contributed by atoms with Gasteiger partial charge in [-0.3, -0.25) is 15.2 Å². The Morgan fingerprint density at radius 3 is 2.11 bits per heavy atom. The number of nitrogens with one attached hydrogen (secondary N) is 1. The summed E-state index contributed by atoms with van der Waals surface area (Å²) in [6.07, 6.45) is -3.55. The third-order valence-corrected chi connectivity index (χ3v) is 3.57. The highest BCUT2D eigenvalue weighted by molar-refractivity contribution is 5.91. The number of phenols is 1. The number of nitrogens with zero attached hydrogens (tertiary/aromatic N) is 3. The molecule has 0 radical (unpaired) electrons. The van der Waals surface area contributed by atoms with E-state index in [1.54, 1.807) is 12.1 Å². The predicted octanol–water partition coefficient (Wildman–Crippen LogP) is 2.53. The van der Waals surface area contributed by atoms with Gasteiger partial charge in [-0.05, 0) is 42.5 Å². The largest absolute Gasteiger partial charge is 0.508 e. The quantitative estimate of drug-likeness (QED) is 0.368. The van der Waals surface area contributed by atoms with Crippen molar-refractivity contribution in [2.24, 2.45) is 5.84 Å². The molecule has 3 aromatic rings. The summed E-state index contributed by atoms with van der Waals surface area (Å²) < 4.78 is 38.0. The molecule has 0 bridgehead atoms. The van der Waals surface area contributed by atoms with Crippen molar-refractivity contribution in [1.29, 1.82) is 0 Å². The highest BCUT2D eigenvalue weighted by Crippen LogP contribution is 2.29. The van der Waals surface area contributed by atoms with Crippen LogP contribution in [0.4, 0.5) is 13.2 Å². The summed E-state index contributed by atoms with van der Waals surface area (Å²) in [4.78, 5) is 23.4. The topological polar surface area (TPSA) is 114 Å². The van der Waals surface area contributed by atoms with Crippen molar-refractivity contribution in [3.63, 3.8) is 0 Å². The summed E-state index contributed by atoms with van der Waals surface area (Å²) >= 11 is 0. The fourth-order valence-corrected chi connectivity index (χ4v) is 2.25. The molecule has 138 valence electrons. The van der Waals surface area contributed by atoms with Crippen LogP contribution in [0.2, 0.25) is 0 Å². The van der Waals surface area contributed by atoms with Gasteiger partial charge in [-0.1, -0.05) is 0 Å². The van der Waals surface area contributed by atoms with Crippen LogP contribution in [0, 0.1) is 0 Å². The van der Waals surface area contributed by atoms with Gasteiger partial charge in [0.15, 0.2) is 0 Å². The Balaban J connectivity index is 2.10. The van der Waals surface area contributed by atoms with Gasteiger partial charge in [0.1, 0.15) is 11.4 Å². The molecule has 3 rings (SSSR count). The molecule has 27 heavy (non-hydrogen) atoms. The van der Waals surface area contributed by atoms with E-state index in [4.69, 9.17) is 5.84 Å². The van der Waals surface area contributed by atoms with E-state index >= 15 is 0 Å². The van der Waals surface area contributed by atoms with Crippen molar-refractivity contribution in [1.82, 2.24) is 20.4 Å². The van der Waals surface area contributed by atoms with Crippen LogP contribution in [-0.2, 0) is 6.18 Å². The number of hydrazine groups is 1. The van der Waals surface area contributed by atoms with E-state index in [2.05, 4.69) is 15.0 Å². The minimum atomic E-state index is -4.56. The van der Waals surface area contributed by atoms with E-state index in [1.165, 1.54) is 24.3 Å². The second-order valence-electron chi connectivity index (χ2n) is 5.41. The van der Waals surface area contributed by atoms with Crippen molar-refractivity contribution >= 4 is 5.91 Å². The molecule has 1 amide bonds. The average molecular weight is 375 g/mol. The van der Waals surface area contributed by atoms with Crippen LogP contribution in [0.1, 0.15) is 16.3 Å². The van der Waals surface area contributed by atoms with Crippen LogP contribution in [0.15, 0.2) is 48.7 Å². The van der Waals surface area contributed by atoms with Crippen LogP contribution in [0.5, 0.6) is 5.75 Å². The zero-order valence-corrected chi connectivity index (χ0v) is 13.5. The summed E-state index contributed by atoms with van der Waals surface area (Å²) in [5.74, 6) is 4.13. The van der Waals surface area contributed by atoms with Gasteiger partial charge in [0.05, 0.1) is 11.4 Å². The number of pyridine rings is 1. The summed E-state index contributed by atoms with van der Waals surface area (Å²) in [5.41, 5.74) is 2.19. The molecule has 0 aliphatic heterocycles. The first kappa shape index (κ1) is 18.3. The Kier molecular flexibility index (Phi) is 4.74. The number of aromatic nitrogens is 3. The van der Waals surface area contributed by atoms with Gasteiger partial charge < -0.3 is 5.11 Å². The van der Waals surface area contributed by atoms with Gasteiger partial charge in [-0.25, -0.2) is 15.8 Å². The summed E-state index contributed by atoms with van der Waals surface area (Å²) in [5, 5.41) is 9.40. The number of nitrogens with two attached hydrogens (primary N) is 1. The van der Waals surface area contributed by atoms with Gasteiger partial charge in [0.25, 0.3) is 0 Å². The van der Waals surface area contributed by atoms with Gasteiger partial charge in [0, 0.05) is 17.3 Å². The van der Waals surface area contributed by atoms with Crippen molar-refractivity contribution in [3.05, 3.63) is 60.2 Å². The smallest absolute Gasteiger partial charge is 0.433 e.